The molecule has 1 atom stereocenters. The lowest BCUT2D eigenvalue weighted by Gasteiger charge is -2.14. The molecule has 0 bridgehead atoms. The van der Waals surface area contributed by atoms with E-state index in [1.54, 1.807) is 0 Å². The molecule has 1 saturated heterocycles. The fourth-order valence-corrected chi connectivity index (χ4v) is 2.28. The molecule has 6 nitrogen and oxygen atoms in total. The summed E-state index contributed by atoms with van der Waals surface area (Å²) in [5.74, 6) is -0.457. The van der Waals surface area contributed by atoms with Crippen molar-refractivity contribution in [1.82, 2.24) is 10.5 Å². The fourth-order valence-electron chi connectivity index (χ4n) is 2.28. The summed E-state index contributed by atoms with van der Waals surface area (Å²) in [6.07, 6.45) is 0. The number of nitrogens with one attached hydrogen (secondary N) is 1. The molecule has 0 amide bonds. The number of nitrogens with zero attached hydrogens (tertiary/aromatic N) is 1. The van der Waals surface area contributed by atoms with Crippen molar-refractivity contribution >= 4 is 5.97 Å². The van der Waals surface area contributed by atoms with Gasteiger partial charge in [0.25, 0.3) is 0 Å². The summed E-state index contributed by atoms with van der Waals surface area (Å²) in [6.45, 7) is 5.60. The highest BCUT2D eigenvalue weighted by atomic mass is 16.9. The third-order valence-electron chi connectivity index (χ3n) is 3.55. The number of allylic oxidation sites excluding steroid dienone is 2. The van der Waals surface area contributed by atoms with Crippen LogP contribution in [0, 0.1) is 6.92 Å². The van der Waals surface area contributed by atoms with Crippen LogP contribution in [0.4, 0.5) is 0 Å². The number of carbonyl (C=O) groups excluding carboxylic acids is 1. The molecule has 2 rings (SSSR count). The lowest BCUT2D eigenvalue weighted by molar-refractivity contribution is -0.147. The minimum Gasteiger partial charge on any atom is -0.465 e. The number of hydrogen-bond acceptors (Lipinski definition) is 6. The predicted molar refractivity (Wildman–Crippen MR) is 76.3 cm³/mol. The van der Waals surface area contributed by atoms with Crippen molar-refractivity contribution in [3.63, 3.8) is 0 Å². The minimum absolute atomic E-state index is 0.457. The van der Waals surface area contributed by atoms with Gasteiger partial charge in [0, 0.05) is 5.56 Å². The van der Waals surface area contributed by atoms with Crippen molar-refractivity contribution < 1.29 is 19.2 Å². The van der Waals surface area contributed by atoms with Crippen LogP contribution in [-0.2, 0) is 24.9 Å². The van der Waals surface area contributed by atoms with E-state index in [4.69, 9.17) is 14.4 Å². The van der Waals surface area contributed by atoms with Crippen LogP contribution in [0.3, 0.4) is 0 Å². The molecule has 1 aromatic carbocycles. The van der Waals surface area contributed by atoms with Gasteiger partial charge in [-0.1, -0.05) is 24.3 Å². The lowest BCUT2D eigenvalue weighted by Crippen LogP contribution is -2.29. The molecule has 1 aliphatic heterocycles. The molecule has 1 N–H and O–H groups in total. The number of rotatable bonds is 5. The van der Waals surface area contributed by atoms with E-state index in [1.807, 2.05) is 45.0 Å². The Morgan fingerprint density at radius 1 is 1.29 bits per heavy atom. The summed E-state index contributed by atoms with van der Waals surface area (Å²) in [5, 5.41) is 1.53. The lowest BCUT2D eigenvalue weighted by atomic mass is 9.99. The van der Waals surface area contributed by atoms with Gasteiger partial charge >= 0.3 is 11.7 Å². The third kappa shape index (κ3) is 2.48. The van der Waals surface area contributed by atoms with Gasteiger partial charge in [-0.3, -0.25) is 10.3 Å². The summed E-state index contributed by atoms with van der Waals surface area (Å²) < 4.78 is 4.93. The van der Waals surface area contributed by atoms with Crippen LogP contribution < -0.4 is 5.48 Å². The Morgan fingerprint density at radius 3 is 2.52 bits per heavy atom. The van der Waals surface area contributed by atoms with Crippen LogP contribution in [0.15, 0.2) is 35.7 Å². The zero-order valence-corrected chi connectivity index (χ0v) is 12.9. The zero-order valence-electron chi connectivity index (χ0n) is 12.9. The molecule has 0 spiro atoms. The van der Waals surface area contributed by atoms with Gasteiger partial charge in [-0.15, -0.1) is 0 Å². The molecule has 0 radical (unpaired) electrons. The summed E-state index contributed by atoms with van der Waals surface area (Å²) in [5.41, 5.74) is 4.72. The average molecular weight is 292 g/mol. The molecular weight excluding hydrogens is 272 g/mol. The van der Waals surface area contributed by atoms with Gasteiger partial charge in [0.05, 0.1) is 25.6 Å². The second-order valence-corrected chi connectivity index (χ2v) is 4.85. The number of esters is 1. The number of hydrogen-bond donors (Lipinski definition) is 1. The first-order valence-electron chi connectivity index (χ1n) is 6.59. The van der Waals surface area contributed by atoms with Crippen molar-refractivity contribution in [2.45, 2.75) is 26.5 Å². The van der Waals surface area contributed by atoms with Gasteiger partial charge in [-0.2, -0.15) is 0 Å². The van der Waals surface area contributed by atoms with Crippen LogP contribution in [0.25, 0.3) is 0 Å². The summed E-state index contributed by atoms with van der Waals surface area (Å²) in [4.78, 5) is 22.8. The third-order valence-corrected chi connectivity index (χ3v) is 3.55. The van der Waals surface area contributed by atoms with E-state index >= 15 is 0 Å². The molecule has 1 fully saturated rings. The van der Waals surface area contributed by atoms with Crippen LogP contribution in [0.1, 0.15) is 25.0 Å². The average Bonchev–Trinajstić information content (AvgIpc) is 3.23. The molecule has 0 aromatic heterocycles. The first-order valence-corrected chi connectivity index (χ1v) is 6.59. The molecule has 1 unspecified atom stereocenters. The van der Waals surface area contributed by atoms with Crippen molar-refractivity contribution in [1.29, 1.82) is 0 Å². The van der Waals surface area contributed by atoms with E-state index in [0.29, 0.717) is 0 Å². The predicted octanol–water partition coefficient (Wildman–Crippen LogP) is 1.97. The maximum absolute atomic E-state index is 12.3. The molecule has 1 aromatic rings. The Hall–Kier alpha value is -2.05. The summed E-state index contributed by atoms with van der Waals surface area (Å²) >= 11 is 0. The Labute approximate surface area is 124 Å². The second kappa shape index (κ2) is 5.75. The van der Waals surface area contributed by atoms with Crippen LogP contribution in [-0.4, -0.2) is 25.3 Å². The zero-order chi connectivity index (χ0) is 15.6. The highest BCUT2D eigenvalue weighted by Crippen LogP contribution is 2.49. The largest absolute Gasteiger partial charge is 0.465 e. The van der Waals surface area contributed by atoms with Gasteiger partial charge < -0.3 is 4.74 Å². The van der Waals surface area contributed by atoms with Crippen molar-refractivity contribution in [2.24, 2.45) is 0 Å². The molecule has 6 heteroatoms. The molecule has 114 valence electrons. The van der Waals surface area contributed by atoms with E-state index in [1.165, 1.54) is 19.3 Å². The monoisotopic (exact) mass is 292 g/mol. The summed E-state index contributed by atoms with van der Waals surface area (Å²) in [6, 6.07) is 7.57. The van der Waals surface area contributed by atoms with Crippen LogP contribution in [0.5, 0.6) is 0 Å². The highest BCUT2D eigenvalue weighted by molar-refractivity contribution is 5.83. The first-order chi connectivity index (χ1) is 9.98. The van der Waals surface area contributed by atoms with Gasteiger partial charge in [0.2, 0.25) is 0 Å². The number of benzene rings is 1. The molecule has 1 aliphatic rings. The van der Waals surface area contributed by atoms with Gasteiger partial charge in [-0.05, 0) is 26.3 Å². The normalized spacial score (nSPS) is 21.7. The van der Waals surface area contributed by atoms with E-state index in [2.05, 4.69) is 5.48 Å². The number of aryl methyl sites for hydroxylation is 1. The van der Waals surface area contributed by atoms with Crippen LogP contribution in [0.2, 0.25) is 0 Å². The van der Waals surface area contributed by atoms with E-state index in [-0.39, 0.29) is 0 Å². The maximum atomic E-state index is 12.3. The number of carbonyl (C=O) groups is 1. The minimum atomic E-state index is -1.22. The number of methoxy groups -OCH3 is 1. The van der Waals surface area contributed by atoms with Gasteiger partial charge in [0.1, 0.15) is 0 Å². The Bertz CT molecular complexity index is 585. The fraction of sp³-hybridized carbons (Fsp3) is 0.400. The molecule has 0 saturated carbocycles. The van der Waals surface area contributed by atoms with Crippen molar-refractivity contribution in [3.05, 3.63) is 46.8 Å². The van der Waals surface area contributed by atoms with E-state index in [9.17, 15) is 4.79 Å². The second-order valence-electron chi connectivity index (χ2n) is 4.85. The first kappa shape index (κ1) is 15.3. The summed E-state index contributed by atoms with van der Waals surface area (Å²) in [7, 11) is 2.87. The SMILES string of the molecule is CONC(C)=C(C)N1OC1(C(=O)OC)c1ccccc1C. The Balaban J connectivity index is 2.43. The Kier molecular flexibility index (Phi) is 4.20. The highest BCUT2D eigenvalue weighted by Gasteiger charge is 2.65. The van der Waals surface area contributed by atoms with E-state index < -0.39 is 11.7 Å². The number of hydroxylamine groups is 3. The van der Waals surface area contributed by atoms with Crippen molar-refractivity contribution in [2.75, 3.05) is 14.2 Å². The van der Waals surface area contributed by atoms with Crippen molar-refractivity contribution in [3.8, 4) is 0 Å². The topological polar surface area (TPSA) is 63.1 Å². The molecule has 0 aliphatic carbocycles. The molecule has 21 heavy (non-hydrogen) atoms. The molecular formula is C15H20N2O4. The van der Waals surface area contributed by atoms with Gasteiger partial charge in [-0.25, -0.2) is 14.7 Å². The number of ether oxygens (including phenoxy) is 1. The quantitative estimate of drug-likeness (QED) is 0.508. The molecule has 1 heterocycles. The smallest absolute Gasteiger partial charge is 0.369 e. The Morgan fingerprint density at radius 2 is 1.95 bits per heavy atom. The van der Waals surface area contributed by atoms with E-state index in [0.717, 1.165) is 22.5 Å². The standard InChI is InChI=1S/C15H20N2O4/c1-10-8-6-7-9-13(10)15(14(18)19-4)17(21-15)12(3)11(2)16-20-5/h6-9,16H,1-5H3. The van der Waals surface area contributed by atoms with Crippen LogP contribution >= 0.6 is 0 Å². The maximum Gasteiger partial charge on any atom is 0.369 e. The van der Waals surface area contributed by atoms with Gasteiger partial charge in [0.15, 0.2) is 0 Å².